The molecule has 0 spiro atoms. The molecule has 7 nitrogen and oxygen atoms in total. The number of nitro groups is 1. The van der Waals surface area contributed by atoms with Crippen molar-refractivity contribution in [1.29, 1.82) is 5.26 Å². The highest BCUT2D eigenvalue weighted by Gasteiger charge is 2.27. The number of aliphatic hydroxyl groups is 1. The van der Waals surface area contributed by atoms with Gasteiger partial charge in [-0.05, 0) is 18.8 Å². The Morgan fingerprint density at radius 3 is 2.94 bits per heavy atom. The molecule has 2 N–H and O–H groups in total. The summed E-state index contributed by atoms with van der Waals surface area (Å²) in [4.78, 5) is 13.8. The van der Waals surface area contributed by atoms with E-state index in [9.17, 15) is 10.1 Å². The van der Waals surface area contributed by atoms with Crippen LogP contribution in [0.1, 0.15) is 18.4 Å². The van der Waals surface area contributed by atoms with Gasteiger partial charge < -0.3 is 10.4 Å². The van der Waals surface area contributed by atoms with E-state index >= 15 is 0 Å². The Labute approximate surface area is 103 Å². The molecule has 7 heteroatoms. The predicted molar refractivity (Wildman–Crippen MR) is 62.8 cm³/mol. The van der Waals surface area contributed by atoms with Crippen molar-refractivity contribution in [2.45, 2.75) is 18.9 Å². The molecule has 2 rings (SSSR count). The number of nitrogens with one attached hydrogen (secondary N) is 1. The fourth-order valence-corrected chi connectivity index (χ4v) is 1.89. The minimum atomic E-state index is -0.583. The van der Waals surface area contributed by atoms with E-state index in [-0.39, 0.29) is 17.4 Å². The van der Waals surface area contributed by atoms with Gasteiger partial charge in [-0.15, -0.1) is 0 Å². The first-order valence-electron chi connectivity index (χ1n) is 5.56. The minimum absolute atomic E-state index is 0.157. The van der Waals surface area contributed by atoms with Crippen molar-refractivity contribution in [3.05, 3.63) is 27.9 Å². The number of nitrogens with zero attached hydrogens (tertiary/aromatic N) is 3. The van der Waals surface area contributed by atoms with Gasteiger partial charge in [0.2, 0.25) is 0 Å². The highest BCUT2D eigenvalue weighted by Crippen LogP contribution is 2.27. The lowest BCUT2D eigenvalue weighted by atomic mass is 9.82. The monoisotopic (exact) mass is 248 g/mol. The van der Waals surface area contributed by atoms with Crippen LogP contribution >= 0.6 is 0 Å². The average molecular weight is 248 g/mol. The summed E-state index contributed by atoms with van der Waals surface area (Å²) in [6.07, 6.45) is 2.37. The molecule has 0 radical (unpaired) electrons. The predicted octanol–water partition coefficient (Wildman–Crippen LogP) is 1.04. The molecule has 0 aliphatic heterocycles. The van der Waals surface area contributed by atoms with Gasteiger partial charge in [-0.2, -0.15) is 5.26 Å². The molecule has 0 unspecified atom stereocenters. The van der Waals surface area contributed by atoms with Crippen molar-refractivity contribution >= 4 is 11.5 Å². The summed E-state index contributed by atoms with van der Waals surface area (Å²) in [5.41, 5.74) is -0.0414. The smallest absolute Gasteiger partial charge is 0.289 e. The zero-order valence-corrected chi connectivity index (χ0v) is 9.54. The van der Waals surface area contributed by atoms with Gasteiger partial charge in [0, 0.05) is 12.6 Å². The summed E-state index contributed by atoms with van der Waals surface area (Å²) in [7, 11) is 0. The first-order valence-corrected chi connectivity index (χ1v) is 5.56. The molecular formula is C11H12N4O3. The van der Waals surface area contributed by atoms with Crippen LogP contribution in [0.3, 0.4) is 0 Å². The van der Waals surface area contributed by atoms with Crippen molar-refractivity contribution in [1.82, 2.24) is 4.98 Å². The van der Waals surface area contributed by atoms with Gasteiger partial charge in [0.25, 0.3) is 5.69 Å². The van der Waals surface area contributed by atoms with Crippen LogP contribution in [0.4, 0.5) is 11.5 Å². The SMILES string of the molecule is N#Cc1cc([N+](=O)[O-])cnc1NCC1CC(O)C1. The van der Waals surface area contributed by atoms with Gasteiger partial charge in [0.15, 0.2) is 0 Å². The first kappa shape index (κ1) is 12.3. The van der Waals surface area contributed by atoms with E-state index in [0.717, 1.165) is 19.0 Å². The Morgan fingerprint density at radius 1 is 1.67 bits per heavy atom. The number of anilines is 1. The lowest BCUT2D eigenvalue weighted by Gasteiger charge is -2.31. The number of hydrogen-bond donors (Lipinski definition) is 2. The molecule has 0 amide bonds. The van der Waals surface area contributed by atoms with Crippen molar-refractivity contribution in [2.75, 3.05) is 11.9 Å². The molecule has 1 aliphatic carbocycles. The van der Waals surface area contributed by atoms with E-state index in [2.05, 4.69) is 10.3 Å². The van der Waals surface area contributed by atoms with Gasteiger partial charge in [0.05, 0.1) is 11.0 Å². The molecule has 0 saturated heterocycles. The first-order chi connectivity index (χ1) is 8.60. The Balaban J connectivity index is 2.04. The molecular weight excluding hydrogens is 236 g/mol. The summed E-state index contributed by atoms with van der Waals surface area (Å²) in [6, 6.07) is 3.08. The largest absolute Gasteiger partial charge is 0.393 e. The van der Waals surface area contributed by atoms with Crippen LogP contribution in [-0.2, 0) is 0 Å². The van der Waals surface area contributed by atoms with E-state index in [1.807, 2.05) is 6.07 Å². The van der Waals surface area contributed by atoms with Gasteiger partial charge in [-0.1, -0.05) is 0 Å². The second-order valence-corrected chi connectivity index (χ2v) is 4.33. The van der Waals surface area contributed by atoms with E-state index < -0.39 is 4.92 Å². The third-order valence-corrected chi connectivity index (χ3v) is 2.97. The Kier molecular flexibility index (Phi) is 3.39. The molecule has 0 atom stereocenters. The van der Waals surface area contributed by atoms with Crippen LogP contribution < -0.4 is 5.32 Å². The minimum Gasteiger partial charge on any atom is -0.393 e. The standard InChI is InChI=1S/C11H12N4O3/c12-4-8-3-9(15(17)18)6-14-11(8)13-5-7-1-10(16)2-7/h3,6-7,10,16H,1-2,5H2,(H,13,14). The topological polar surface area (TPSA) is 112 Å². The normalized spacial score (nSPS) is 21.8. The highest BCUT2D eigenvalue weighted by molar-refractivity contribution is 5.55. The van der Waals surface area contributed by atoms with E-state index in [0.29, 0.717) is 18.3 Å². The molecule has 1 fully saturated rings. The van der Waals surface area contributed by atoms with E-state index in [4.69, 9.17) is 10.4 Å². The molecule has 1 aliphatic rings. The number of nitriles is 1. The summed E-state index contributed by atoms with van der Waals surface area (Å²) in [6.45, 7) is 0.608. The van der Waals surface area contributed by atoms with E-state index in [1.54, 1.807) is 0 Å². The van der Waals surface area contributed by atoms with Crippen molar-refractivity contribution < 1.29 is 10.0 Å². The second-order valence-electron chi connectivity index (χ2n) is 4.33. The zero-order valence-electron chi connectivity index (χ0n) is 9.54. The Hall–Kier alpha value is -2.20. The number of hydrogen-bond acceptors (Lipinski definition) is 6. The van der Waals surface area contributed by atoms with Gasteiger partial charge >= 0.3 is 0 Å². The van der Waals surface area contributed by atoms with Crippen LogP contribution in [0.15, 0.2) is 12.3 Å². The highest BCUT2D eigenvalue weighted by atomic mass is 16.6. The molecule has 1 aromatic heterocycles. The summed E-state index contributed by atoms with van der Waals surface area (Å²) < 4.78 is 0. The third kappa shape index (κ3) is 2.55. The molecule has 1 saturated carbocycles. The second kappa shape index (κ2) is 4.98. The number of aromatic nitrogens is 1. The molecule has 18 heavy (non-hydrogen) atoms. The van der Waals surface area contributed by atoms with Crippen molar-refractivity contribution in [3.63, 3.8) is 0 Å². The molecule has 0 aromatic carbocycles. The fourth-order valence-electron chi connectivity index (χ4n) is 1.89. The van der Waals surface area contributed by atoms with Crippen LogP contribution in [0.25, 0.3) is 0 Å². The van der Waals surface area contributed by atoms with Crippen molar-refractivity contribution in [2.24, 2.45) is 5.92 Å². The summed E-state index contributed by atoms with van der Waals surface area (Å²) in [5, 5.41) is 31.6. The molecule has 1 heterocycles. The fraction of sp³-hybridized carbons (Fsp3) is 0.455. The van der Waals surface area contributed by atoms with Gasteiger partial charge in [-0.25, -0.2) is 4.98 Å². The lowest BCUT2D eigenvalue weighted by Crippen LogP contribution is -2.33. The maximum atomic E-state index is 10.5. The van der Waals surface area contributed by atoms with Gasteiger partial charge in [-0.3, -0.25) is 10.1 Å². The summed E-state index contributed by atoms with van der Waals surface area (Å²) in [5.74, 6) is 0.716. The van der Waals surface area contributed by atoms with Crippen LogP contribution in [-0.4, -0.2) is 27.7 Å². The molecule has 1 aromatic rings. The maximum absolute atomic E-state index is 10.5. The van der Waals surface area contributed by atoms with Crippen LogP contribution in [0, 0.1) is 27.4 Å². The van der Waals surface area contributed by atoms with Crippen molar-refractivity contribution in [3.8, 4) is 6.07 Å². The Bertz CT molecular complexity index is 506. The molecule has 94 valence electrons. The number of rotatable bonds is 4. The average Bonchev–Trinajstić information content (AvgIpc) is 2.32. The van der Waals surface area contributed by atoms with E-state index in [1.165, 1.54) is 6.07 Å². The lowest BCUT2D eigenvalue weighted by molar-refractivity contribution is -0.385. The number of aliphatic hydroxyl groups excluding tert-OH is 1. The third-order valence-electron chi connectivity index (χ3n) is 2.97. The van der Waals surface area contributed by atoms with Crippen LogP contribution in [0.5, 0.6) is 0 Å². The molecule has 0 bridgehead atoms. The van der Waals surface area contributed by atoms with Gasteiger partial charge in [0.1, 0.15) is 23.6 Å². The number of pyridine rings is 1. The van der Waals surface area contributed by atoms with Crippen LogP contribution in [0.2, 0.25) is 0 Å². The summed E-state index contributed by atoms with van der Waals surface area (Å²) >= 11 is 0. The maximum Gasteiger partial charge on any atom is 0.289 e. The quantitative estimate of drug-likeness (QED) is 0.608. The zero-order chi connectivity index (χ0) is 13.1. The Morgan fingerprint density at radius 2 is 2.39 bits per heavy atom.